The molecule has 0 saturated carbocycles. The van der Waals surface area contributed by atoms with Crippen LogP contribution in [0, 0.1) is 0 Å². The molecule has 38 heavy (non-hydrogen) atoms. The number of aliphatic carboxylic acids is 1. The third-order valence-corrected chi connectivity index (χ3v) is 6.58. The molecule has 0 spiro atoms. The standard InChI is InChI=1S/C31H28N2O5/c1-31(2)28-23(18-27(34)35)14-9-15-24(28)33(30(31)36)25-16-17-26(37-19-21-10-5-3-6-11-21)32-29(25)38-20-22-12-7-4-8-13-22/h3-17H,18-20H2,1-2H3,(H,34,35). The van der Waals surface area contributed by atoms with Crippen LogP contribution in [-0.2, 0) is 34.6 Å². The first-order valence-corrected chi connectivity index (χ1v) is 12.4. The highest BCUT2D eigenvalue weighted by atomic mass is 16.5. The zero-order valence-electron chi connectivity index (χ0n) is 21.3. The zero-order valence-corrected chi connectivity index (χ0v) is 21.3. The Balaban J connectivity index is 1.54. The van der Waals surface area contributed by atoms with Crippen molar-refractivity contribution >= 4 is 23.3 Å². The number of ether oxygens (including phenoxy) is 2. The summed E-state index contributed by atoms with van der Waals surface area (Å²) in [6.07, 6.45) is -0.171. The van der Waals surface area contributed by atoms with Crippen LogP contribution < -0.4 is 14.4 Å². The fraction of sp³-hybridized carbons (Fsp3) is 0.194. The topological polar surface area (TPSA) is 89.0 Å². The molecule has 0 aliphatic carbocycles. The van der Waals surface area contributed by atoms with Crippen molar-refractivity contribution in [1.82, 2.24) is 4.98 Å². The molecule has 4 aromatic rings. The fourth-order valence-electron chi connectivity index (χ4n) is 4.77. The van der Waals surface area contributed by atoms with Gasteiger partial charge in [-0.2, -0.15) is 4.98 Å². The molecule has 0 fully saturated rings. The van der Waals surface area contributed by atoms with E-state index >= 15 is 0 Å². The summed E-state index contributed by atoms with van der Waals surface area (Å²) >= 11 is 0. The molecule has 0 radical (unpaired) electrons. The van der Waals surface area contributed by atoms with E-state index in [0.29, 0.717) is 35.0 Å². The van der Waals surface area contributed by atoms with Gasteiger partial charge in [0.25, 0.3) is 0 Å². The minimum atomic E-state index is -0.950. The van der Waals surface area contributed by atoms with Crippen molar-refractivity contribution < 1.29 is 24.2 Å². The van der Waals surface area contributed by atoms with Gasteiger partial charge in [-0.05, 0) is 48.2 Å². The average Bonchev–Trinajstić information content (AvgIpc) is 3.12. The lowest BCUT2D eigenvalue weighted by molar-refractivity contribution is -0.136. The van der Waals surface area contributed by atoms with E-state index in [1.54, 1.807) is 29.2 Å². The summed E-state index contributed by atoms with van der Waals surface area (Å²) in [6.45, 7) is 4.21. The van der Waals surface area contributed by atoms with Gasteiger partial charge in [-0.1, -0.05) is 72.8 Å². The Morgan fingerprint density at radius 2 is 1.45 bits per heavy atom. The van der Waals surface area contributed by atoms with E-state index in [2.05, 4.69) is 4.98 Å². The predicted molar refractivity (Wildman–Crippen MR) is 144 cm³/mol. The maximum Gasteiger partial charge on any atom is 0.307 e. The number of amides is 1. The Kier molecular flexibility index (Phi) is 6.83. The molecule has 0 bridgehead atoms. The number of fused-ring (bicyclic) bond motifs is 1. The zero-order chi connectivity index (χ0) is 26.7. The first-order valence-electron chi connectivity index (χ1n) is 12.4. The van der Waals surface area contributed by atoms with Gasteiger partial charge in [-0.25, -0.2) is 0 Å². The summed E-state index contributed by atoms with van der Waals surface area (Å²) in [6, 6.07) is 28.3. The molecular weight excluding hydrogens is 480 g/mol. The van der Waals surface area contributed by atoms with Gasteiger partial charge in [-0.3, -0.25) is 14.5 Å². The summed E-state index contributed by atoms with van der Waals surface area (Å²) in [5, 5.41) is 9.46. The average molecular weight is 509 g/mol. The quantitative estimate of drug-likeness (QED) is 0.306. The molecule has 2 heterocycles. The molecule has 5 rings (SSSR count). The molecule has 1 aromatic heterocycles. The SMILES string of the molecule is CC1(C)C(=O)N(c2ccc(OCc3ccccc3)nc2OCc2ccccc2)c2cccc(CC(=O)O)c21. The van der Waals surface area contributed by atoms with E-state index in [0.717, 1.165) is 11.1 Å². The second kappa shape index (κ2) is 10.4. The number of carbonyl (C=O) groups is 2. The van der Waals surface area contributed by atoms with Crippen molar-refractivity contribution in [3.63, 3.8) is 0 Å². The van der Waals surface area contributed by atoms with Gasteiger partial charge >= 0.3 is 5.97 Å². The van der Waals surface area contributed by atoms with E-state index in [9.17, 15) is 14.7 Å². The number of carboxylic acid groups (broad SMARTS) is 1. The summed E-state index contributed by atoms with van der Waals surface area (Å²) in [7, 11) is 0. The summed E-state index contributed by atoms with van der Waals surface area (Å²) in [4.78, 5) is 31.6. The van der Waals surface area contributed by atoms with Crippen LogP contribution in [0.15, 0.2) is 91.0 Å². The molecule has 0 saturated heterocycles. The fourth-order valence-corrected chi connectivity index (χ4v) is 4.77. The third-order valence-electron chi connectivity index (χ3n) is 6.58. The van der Waals surface area contributed by atoms with Crippen molar-refractivity contribution in [1.29, 1.82) is 0 Å². The maximum atomic E-state index is 13.8. The highest BCUT2D eigenvalue weighted by molar-refractivity contribution is 6.13. The molecule has 7 heteroatoms. The monoisotopic (exact) mass is 508 g/mol. The van der Waals surface area contributed by atoms with E-state index in [1.165, 1.54) is 0 Å². The molecule has 1 amide bonds. The van der Waals surface area contributed by atoms with Gasteiger partial charge in [0.05, 0.1) is 17.5 Å². The maximum absolute atomic E-state index is 13.8. The first kappa shape index (κ1) is 25.0. The number of hydrogen-bond acceptors (Lipinski definition) is 5. The van der Waals surface area contributed by atoms with Gasteiger partial charge < -0.3 is 14.6 Å². The molecule has 0 atom stereocenters. The van der Waals surface area contributed by atoms with Crippen LogP contribution in [0.1, 0.15) is 36.1 Å². The van der Waals surface area contributed by atoms with Crippen LogP contribution in [0.3, 0.4) is 0 Å². The number of pyridine rings is 1. The number of rotatable bonds is 9. The van der Waals surface area contributed by atoms with Gasteiger partial charge in [-0.15, -0.1) is 0 Å². The lowest BCUT2D eigenvalue weighted by Crippen LogP contribution is -2.34. The van der Waals surface area contributed by atoms with E-state index in [1.807, 2.05) is 80.6 Å². The number of carbonyl (C=O) groups excluding carboxylic acids is 1. The van der Waals surface area contributed by atoms with Crippen molar-refractivity contribution in [2.45, 2.75) is 38.9 Å². The molecule has 0 unspecified atom stereocenters. The highest BCUT2D eigenvalue weighted by Crippen LogP contribution is 2.49. The van der Waals surface area contributed by atoms with Crippen LogP contribution in [0.25, 0.3) is 0 Å². The van der Waals surface area contributed by atoms with Crippen LogP contribution in [-0.4, -0.2) is 22.0 Å². The highest BCUT2D eigenvalue weighted by Gasteiger charge is 2.47. The Hall–Kier alpha value is -4.65. The van der Waals surface area contributed by atoms with E-state index < -0.39 is 11.4 Å². The molecule has 3 aromatic carbocycles. The summed E-state index contributed by atoms with van der Waals surface area (Å²) in [5.74, 6) is -0.519. The van der Waals surface area contributed by atoms with Crippen LogP contribution in [0.2, 0.25) is 0 Å². The van der Waals surface area contributed by atoms with Crippen LogP contribution in [0.4, 0.5) is 11.4 Å². The second-order valence-electron chi connectivity index (χ2n) is 9.67. The van der Waals surface area contributed by atoms with Crippen molar-refractivity contribution in [2.75, 3.05) is 4.90 Å². The summed E-state index contributed by atoms with van der Waals surface area (Å²) < 4.78 is 12.1. The molecular formula is C31H28N2O5. The number of benzene rings is 3. The minimum Gasteiger partial charge on any atom is -0.481 e. The molecule has 192 valence electrons. The van der Waals surface area contributed by atoms with Crippen molar-refractivity contribution in [3.8, 4) is 11.8 Å². The predicted octanol–water partition coefficient (Wildman–Crippen LogP) is 5.82. The number of nitrogens with zero attached hydrogens (tertiary/aromatic N) is 2. The van der Waals surface area contributed by atoms with Gasteiger partial charge in [0.2, 0.25) is 17.7 Å². The van der Waals surface area contributed by atoms with Crippen LogP contribution in [0.5, 0.6) is 11.8 Å². The second-order valence-corrected chi connectivity index (χ2v) is 9.67. The van der Waals surface area contributed by atoms with Crippen molar-refractivity contribution in [2.24, 2.45) is 0 Å². The largest absolute Gasteiger partial charge is 0.481 e. The molecule has 1 aliphatic rings. The van der Waals surface area contributed by atoms with Gasteiger partial charge in [0, 0.05) is 6.07 Å². The first-order chi connectivity index (χ1) is 18.3. The van der Waals surface area contributed by atoms with Crippen molar-refractivity contribution in [3.05, 3.63) is 113 Å². The normalized spacial score (nSPS) is 13.7. The Morgan fingerprint density at radius 3 is 2.08 bits per heavy atom. The third kappa shape index (κ3) is 4.95. The van der Waals surface area contributed by atoms with Gasteiger partial charge in [0.1, 0.15) is 18.9 Å². The van der Waals surface area contributed by atoms with Crippen LogP contribution >= 0.6 is 0 Å². The van der Waals surface area contributed by atoms with E-state index in [-0.39, 0.29) is 24.8 Å². The van der Waals surface area contributed by atoms with Gasteiger partial charge in [0.15, 0.2) is 0 Å². The number of carboxylic acids is 1. The number of hydrogen-bond donors (Lipinski definition) is 1. The minimum absolute atomic E-state index is 0.171. The summed E-state index contributed by atoms with van der Waals surface area (Å²) in [5.41, 5.74) is 3.43. The lowest BCUT2D eigenvalue weighted by atomic mass is 9.82. The number of anilines is 2. The Labute approximate surface area is 221 Å². The molecule has 1 N–H and O–H groups in total. The smallest absolute Gasteiger partial charge is 0.307 e. The molecule has 1 aliphatic heterocycles. The Bertz CT molecular complexity index is 1470. The number of aromatic nitrogens is 1. The van der Waals surface area contributed by atoms with E-state index in [4.69, 9.17) is 9.47 Å². The Morgan fingerprint density at radius 1 is 0.816 bits per heavy atom. The molecule has 7 nitrogen and oxygen atoms in total. The lowest BCUT2D eigenvalue weighted by Gasteiger charge is -2.23.